The van der Waals surface area contributed by atoms with Gasteiger partial charge in [0.15, 0.2) is 0 Å². The third-order valence-corrected chi connectivity index (χ3v) is 14.7. The smallest absolute Gasteiger partial charge is 0.251 e. The lowest BCUT2D eigenvalue weighted by Gasteiger charge is -2.24. The van der Waals surface area contributed by atoms with E-state index in [1.54, 1.807) is 28.6 Å². The van der Waals surface area contributed by atoms with Crippen molar-refractivity contribution in [2.24, 2.45) is 0 Å². The van der Waals surface area contributed by atoms with Crippen LogP contribution in [0.3, 0.4) is 0 Å². The van der Waals surface area contributed by atoms with Crippen molar-refractivity contribution in [3.05, 3.63) is 76.2 Å². The number of rotatable bonds is 12. The fourth-order valence-electron chi connectivity index (χ4n) is 4.80. The van der Waals surface area contributed by atoms with Crippen LogP contribution < -0.4 is 16.4 Å². The second kappa shape index (κ2) is 11.9. The molecule has 5 nitrogen and oxygen atoms in total. The van der Waals surface area contributed by atoms with Gasteiger partial charge in [0.25, 0.3) is 11.8 Å². The summed E-state index contributed by atoms with van der Waals surface area (Å²) in [4.78, 5) is 25.5. The van der Waals surface area contributed by atoms with Gasteiger partial charge in [-0.15, -0.1) is 0 Å². The minimum atomic E-state index is -1.42. The Kier molecular flexibility index (Phi) is 9.13. The van der Waals surface area contributed by atoms with Gasteiger partial charge in [-0.05, 0) is 43.9 Å². The van der Waals surface area contributed by atoms with Crippen LogP contribution >= 0.6 is 0 Å². The molecule has 0 atom stereocenters. The van der Waals surface area contributed by atoms with Crippen molar-refractivity contribution in [3.63, 3.8) is 0 Å². The number of hydrogen-bond donors (Lipinski definition) is 3. The molecule has 7 heteroatoms. The minimum absolute atomic E-state index is 0.182. The third-order valence-electron chi connectivity index (χ3n) is 7.29. The number of benzene rings is 1. The predicted molar refractivity (Wildman–Crippen MR) is 153 cm³/mol. The summed E-state index contributed by atoms with van der Waals surface area (Å²) in [7, 11) is -2.84. The molecule has 3 rings (SSSR count). The van der Waals surface area contributed by atoms with Gasteiger partial charge in [0, 0.05) is 29.9 Å². The summed E-state index contributed by atoms with van der Waals surface area (Å²) >= 11 is 0. The van der Waals surface area contributed by atoms with Crippen LogP contribution in [0.4, 0.5) is 5.69 Å². The number of carbonyl (C=O) groups is 2. The lowest BCUT2D eigenvalue weighted by atomic mass is 10.1. The Morgan fingerprint density at radius 3 is 1.57 bits per heavy atom. The average Bonchev–Trinajstić information content (AvgIpc) is 3.54. The van der Waals surface area contributed by atoms with E-state index in [1.807, 2.05) is 0 Å². The number of amides is 2. The summed E-state index contributed by atoms with van der Waals surface area (Å²) < 4.78 is 0. The maximum Gasteiger partial charge on any atom is 0.251 e. The topological polar surface area (TPSA) is 84.2 Å². The van der Waals surface area contributed by atoms with E-state index in [-0.39, 0.29) is 11.8 Å². The van der Waals surface area contributed by atoms with Crippen LogP contribution in [-0.4, -0.2) is 41.1 Å². The highest BCUT2D eigenvalue weighted by atomic mass is 28.3. The first-order valence-electron chi connectivity index (χ1n) is 12.8. The molecule has 0 radical (unpaired) electrons. The van der Waals surface area contributed by atoms with Gasteiger partial charge in [-0.3, -0.25) is 9.59 Å². The van der Waals surface area contributed by atoms with E-state index in [0.29, 0.717) is 29.9 Å². The summed E-state index contributed by atoms with van der Waals surface area (Å²) in [5.74, 6) is -0.363. The molecule has 35 heavy (non-hydrogen) atoms. The Bertz CT molecular complexity index is 988. The Morgan fingerprint density at radius 2 is 1.20 bits per heavy atom. The zero-order valence-corrected chi connectivity index (χ0v) is 23.7. The van der Waals surface area contributed by atoms with Crippen LogP contribution in [0, 0.1) is 0 Å². The van der Waals surface area contributed by atoms with Crippen molar-refractivity contribution in [2.75, 3.05) is 18.8 Å². The predicted octanol–water partition coefficient (Wildman–Crippen LogP) is 5.78. The van der Waals surface area contributed by atoms with E-state index < -0.39 is 16.1 Å². The first-order valence-corrected chi connectivity index (χ1v) is 19.2. The van der Waals surface area contributed by atoms with Crippen LogP contribution in [0.1, 0.15) is 46.4 Å². The molecule has 0 unspecified atom stereocenters. The summed E-state index contributed by atoms with van der Waals surface area (Å²) in [5, 5.41) is 9.17. The molecule has 0 aromatic heterocycles. The molecular formula is C28H41N3O2Si2. The van der Waals surface area contributed by atoms with Crippen molar-refractivity contribution in [1.82, 2.24) is 10.6 Å². The first kappa shape index (κ1) is 26.9. The highest BCUT2D eigenvalue weighted by molar-refractivity contribution is 6.84. The fourth-order valence-corrected chi connectivity index (χ4v) is 10.0. The first-order chi connectivity index (χ1) is 16.6. The molecule has 1 aromatic rings. The van der Waals surface area contributed by atoms with E-state index in [9.17, 15) is 9.59 Å². The lowest BCUT2D eigenvalue weighted by Crippen LogP contribution is -2.32. The number of carbonyl (C=O) groups excluding carboxylic acids is 2. The van der Waals surface area contributed by atoms with Crippen LogP contribution in [-0.2, 0) is 0 Å². The van der Waals surface area contributed by atoms with Gasteiger partial charge in [-0.1, -0.05) is 85.1 Å². The minimum Gasteiger partial charge on any atom is -0.399 e. The van der Waals surface area contributed by atoms with E-state index in [4.69, 9.17) is 5.73 Å². The normalized spacial score (nSPS) is 15.2. The molecule has 0 saturated carbocycles. The monoisotopic (exact) mass is 507 g/mol. The zero-order chi connectivity index (χ0) is 25.5. The molecule has 0 aliphatic heterocycles. The number of nitrogens with two attached hydrogens (primary N) is 1. The molecular weight excluding hydrogens is 466 g/mol. The maximum atomic E-state index is 12.7. The van der Waals surface area contributed by atoms with Gasteiger partial charge < -0.3 is 16.4 Å². The number of hydrogen-bond acceptors (Lipinski definition) is 3. The molecule has 2 amide bonds. The number of anilines is 1. The molecule has 0 saturated heterocycles. The lowest BCUT2D eigenvalue weighted by molar-refractivity contribution is 0.0953. The van der Waals surface area contributed by atoms with Crippen LogP contribution in [0.15, 0.2) is 65.0 Å². The van der Waals surface area contributed by atoms with E-state index >= 15 is 0 Å². The second-order valence-corrected chi connectivity index (χ2v) is 20.8. The maximum absolute atomic E-state index is 12.7. The Hall–Kier alpha value is -2.65. The molecule has 1 aromatic carbocycles. The zero-order valence-electron chi connectivity index (χ0n) is 21.7. The van der Waals surface area contributed by atoms with Crippen molar-refractivity contribution in [3.8, 4) is 0 Å². The molecule has 0 bridgehead atoms. The van der Waals surface area contributed by atoms with E-state index in [0.717, 1.165) is 37.8 Å². The van der Waals surface area contributed by atoms with E-state index in [2.05, 4.69) is 73.3 Å². The fraction of sp³-hybridized carbons (Fsp3) is 0.429. The summed E-state index contributed by atoms with van der Waals surface area (Å²) in [5.41, 5.74) is 7.32. The number of nitrogens with one attached hydrogen (secondary N) is 2. The van der Waals surface area contributed by atoms with Crippen molar-refractivity contribution < 1.29 is 9.59 Å². The highest BCUT2D eigenvalue weighted by Gasteiger charge is 2.26. The Morgan fingerprint density at radius 1 is 0.771 bits per heavy atom. The molecule has 4 N–H and O–H groups in total. The summed E-state index contributed by atoms with van der Waals surface area (Å²) in [6.45, 7) is 10.8. The third kappa shape index (κ3) is 7.67. The van der Waals surface area contributed by atoms with Gasteiger partial charge in [-0.2, -0.15) is 0 Å². The molecule has 2 aliphatic rings. The highest BCUT2D eigenvalue weighted by Crippen LogP contribution is 2.28. The molecule has 0 spiro atoms. The number of nitrogen functional groups attached to an aromatic ring is 1. The Balaban J connectivity index is 1.45. The standard InChI is InChI=1S/C28H41N3O2Si2/c1-34(2,25-11-5-6-12-25)17-9-15-30-27(32)22-19-23(21-24(29)20-22)28(33)31-16-10-18-35(3,4)26-13-7-8-14-26/h5-8,11,13,19-21H,9-10,12,14-18,29H2,1-4H3,(H,30,32)(H,31,33). The molecule has 0 heterocycles. The quantitative estimate of drug-likeness (QED) is 0.191. The van der Waals surface area contributed by atoms with Gasteiger partial charge in [0.1, 0.15) is 0 Å². The van der Waals surface area contributed by atoms with Crippen molar-refractivity contribution >= 4 is 33.6 Å². The van der Waals surface area contributed by atoms with Crippen molar-refractivity contribution in [1.29, 1.82) is 0 Å². The average molecular weight is 508 g/mol. The largest absolute Gasteiger partial charge is 0.399 e. The molecule has 0 fully saturated rings. The van der Waals surface area contributed by atoms with Gasteiger partial charge in [0.05, 0.1) is 16.1 Å². The van der Waals surface area contributed by atoms with Gasteiger partial charge in [-0.25, -0.2) is 0 Å². The molecule has 188 valence electrons. The summed E-state index contributed by atoms with van der Waals surface area (Å²) in [6.07, 6.45) is 17.3. The van der Waals surface area contributed by atoms with Gasteiger partial charge >= 0.3 is 0 Å². The van der Waals surface area contributed by atoms with Gasteiger partial charge in [0.2, 0.25) is 0 Å². The Labute approximate surface area is 212 Å². The van der Waals surface area contributed by atoms with Crippen LogP contribution in [0.5, 0.6) is 0 Å². The van der Waals surface area contributed by atoms with Crippen LogP contribution in [0.25, 0.3) is 0 Å². The summed E-state index contributed by atoms with van der Waals surface area (Å²) in [6, 6.07) is 7.19. The van der Waals surface area contributed by atoms with Crippen LogP contribution in [0.2, 0.25) is 38.3 Å². The SMILES string of the molecule is C[Si](C)(CCCNC(=O)c1cc(N)cc(C(=O)NCCC[Si](C)(C)C2=CC=CC2)c1)C1=CC=CC1. The second-order valence-electron chi connectivity index (χ2n) is 11.0. The number of allylic oxidation sites excluding steroid dienone is 8. The molecule has 2 aliphatic carbocycles. The van der Waals surface area contributed by atoms with E-state index in [1.165, 1.54) is 0 Å². The van der Waals surface area contributed by atoms with Crippen molar-refractivity contribution in [2.45, 2.75) is 64.0 Å².